The van der Waals surface area contributed by atoms with Gasteiger partial charge in [-0.2, -0.15) is 5.10 Å². The quantitative estimate of drug-likeness (QED) is 0.707. The molecule has 0 radical (unpaired) electrons. The van der Waals surface area contributed by atoms with Gasteiger partial charge < -0.3 is 10.1 Å². The summed E-state index contributed by atoms with van der Waals surface area (Å²) in [6.45, 7) is 4.21. The molecule has 0 aliphatic heterocycles. The van der Waals surface area contributed by atoms with Gasteiger partial charge >= 0.3 is 0 Å². The van der Waals surface area contributed by atoms with E-state index in [9.17, 15) is 4.79 Å². The Labute approximate surface area is 152 Å². The molecule has 0 bridgehead atoms. The molecular weight excluding hydrogens is 330 g/mol. The van der Waals surface area contributed by atoms with Crippen LogP contribution in [0.15, 0.2) is 55.1 Å². The molecule has 0 saturated heterocycles. The van der Waals surface area contributed by atoms with Gasteiger partial charge in [0.15, 0.2) is 0 Å². The molecule has 3 rings (SSSR count). The van der Waals surface area contributed by atoms with Gasteiger partial charge in [-0.3, -0.25) is 14.5 Å². The first-order valence-corrected chi connectivity index (χ1v) is 8.42. The van der Waals surface area contributed by atoms with Crippen molar-refractivity contribution >= 4 is 5.91 Å². The number of hydrogen-bond acceptors (Lipinski definition) is 5. The molecule has 0 unspecified atom stereocenters. The molecule has 1 amide bonds. The van der Waals surface area contributed by atoms with Gasteiger partial charge in [0.2, 0.25) is 11.8 Å². The fraction of sp³-hybridized carbons (Fsp3) is 0.263. The molecule has 3 heterocycles. The Morgan fingerprint density at radius 1 is 1.23 bits per heavy atom. The number of carbonyl (C=O) groups excluding carboxylic acids is 1. The third-order valence-corrected chi connectivity index (χ3v) is 3.88. The summed E-state index contributed by atoms with van der Waals surface area (Å²) >= 11 is 0. The van der Waals surface area contributed by atoms with Gasteiger partial charge in [0, 0.05) is 42.8 Å². The molecule has 7 nitrogen and oxygen atoms in total. The van der Waals surface area contributed by atoms with E-state index < -0.39 is 0 Å². The second-order valence-corrected chi connectivity index (χ2v) is 6.02. The van der Waals surface area contributed by atoms with Crippen molar-refractivity contribution < 1.29 is 9.53 Å². The lowest BCUT2D eigenvalue weighted by Crippen LogP contribution is -2.25. The van der Waals surface area contributed by atoms with Crippen LogP contribution in [0.1, 0.15) is 30.6 Å². The zero-order valence-corrected chi connectivity index (χ0v) is 14.8. The highest BCUT2D eigenvalue weighted by Gasteiger charge is 2.12. The molecular formula is C19H21N5O2. The molecule has 7 heteroatoms. The van der Waals surface area contributed by atoms with Crippen molar-refractivity contribution in [2.45, 2.75) is 32.9 Å². The van der Waals surface area contributed by atoms with E-state index in [2.05, 4.69) is 20.4 Å². The molecule has 0 aromatic carbocycles. The molecule has 3 aromatic heterocycles. The van der Waals surface area contributed by atoms with E-state index in [-0.39, 0.29) is 11.9 Å². The molecule has 26 heavy (non-hydrogen) atoms. The largest absolute Gasteiger partial charge is 0.437 e. The fourth-order valence-corrected chi connectivity index (χ4v) is 2.45. The summed E-state index contributed by atoms with van der Waals surface area (Å²) in [6, 6.07) is 9.23. The summed E-state index contributed by atoms with van der Waals surface area (Å²) in [4.78, 5) is 20.7. The van der Waals surface area contributed by atoms with Crippen LogP contribution in [0.3, 0.4) is 0 Å². The molecule has 0 spiro atoms. The summed E-state index contributed by atoms with van der Waals surface area (Å²) in [5, 5.41) is 7.07. The van der Waals surface area contributed by atoms with Crippen LogP contribution in [0.2, 0.25) is 0 Å². The minimum Gasteiger partial charge on any atom is -0.437 e. The highest BCUT2D eigenvalue weighted by Crippen LogP contribution is 2.22. The molecule has 0 aliphatic carbocycles. The highest BCUT2D eigenvalue weighted by molar-refractivity contribution is 5.76. The number of rotatable bonds is 7. The first kappa shape index (κ1) is 17.6. The molecule has 1 atom stereocenters. The maximum Gasteiger partial charge on any atom is 0.224 e. The summed E-state index contributed by atoms with van der Waals surface area (Å²) in [6.07, 6.45) is 7.20. The minimum absolute atomic E-state index is 0.00625. The number of hydrogen-bond donors (Lipinski definition) is 1. The molecule has 0 fully saturated rings. The minimum atomic E-state index is -0.0557. The van der Waals surface area contributed by atoms with Crippen LogP contribution in [0.5, 0.6) is 11.6 Å². The first-order valence-electron chi connectivity index (χ1n) is 8.42. The van der Waals surface area contributed by atoms with E-state index in [1.807, 2.05) is 50.4 Å². The third kappa shape index (κ3) is 4.66. The van der Waals surface area contributed by atoms with Crippen molar-refractivity contribution in [1.29, 1.82) is 0 Å². The second-order valence-electron chi connectivity index (χ2n) is 6.02. The van der Waals surface area contributed by atoms with Crippen molar-refractivity contribution in [2.75, 3.05) is 0 Å². The Morgan fingerprint density at radius 2 is 2.12 bits per heavy atom. The Morgan fingerprint density at radius 3 is 2.85 bits per heavy atom. The van der Waals surface area contributed by atoms with Crippen molar-refractivity contribution in [1.82, 2.24) is 25.1 Å². The Kier molecular flexibility index (Phi) is 5.58. The normalized spacial score (nSPS) is 11.8. The molecule has 1 N–H and O–H groups in total. The predicted molar refractivity (Wildman–Crippen MR) is 96.7 cm³/mol. The van der Waals surface area contributed by atoms with Crippen LogP contribution >= 0.6 is 0 Å². The second kappa shape index (κ2) is 8.24. The summed E-state index contributed by atoms with van der Waals surface area (Å²) in [7, 11) is 0. The van der Waals surface area contributed by atoms with Crippen LogP contribution < -0.4 is 10.1 Å². The van der Waals surface area contributed by atoms with Crippen LogP contribution in [0.25, 0.3) is 0 Å². The fourth-order valence-electron chi connectivity index (χ4n) is 2.45. The summed E-state index contributed by atoms with van der Waals surface area (Å²) < 4.78 is 7.56. The topological polar surface area (TPSA) is 81.9 Å². The number of ether oxygens (including phenoxy) is 1. The van der Waals surface area contributed by atoms with Crippen molar-refractivity contribution in [3.05, 3.63) is 66.4 Å². The number of nitrogens with zero attached hydrogens (tertiary/aromatic N) is 4. The lowest BCUT2D eigenvalue weighted by molar-refractivity contribution is -0.122. The number of pyridine rings is 2. The van der Waals surface area contributed by atoms with E-state index in [1.165, 1.54) is 0 Å². The van der Waals surface area contributed by atoms with Gasteiger partial charge in [-0.1, -0.05) is 6.07 Å². The van der Waals surface area contributed by atoms with E-state index in [0.29, 0.717) is 24.6 Å². The van der Waals surface area contributed by atoms with Gasteiger partial charge in [0.1, 0.15) is 5.75 Å². The van der Waals surface area contributed by atoms with Crippen LogP contribution in [0, 0.1) is 6.92 Å². The third-order valence-electron chi connectivity index (χ3n) is 3.88. The maximum absolute atomic E-state index is 12.2. The SMILES string of the molecule is Cc1ccc(Oc2ncccc2CNC(=O)C[C@@H](C)n2cccn2)cn1. The van der Waals surface area contributed by atoms with Crippen LogP contribution in [0.4, 0.5) is 0 Å². The van der Waals surface area contributed by atoms with Gasteiger partial charge in [0.25, 0.3) is 0 Å². The average Bonchev–Trinajstić information content (AvgIpc) is 3.18. The van der Waals surface area contributed by atoms with Crippen molar-refractivity contribution in [3.8, 4) is 11.6 Å². The van der Waals surface area contributed by atoms with Gasteiger partial charge in [-0.25, -0.2) is 4.98 Å². The highest BCUT2D eigenvalue weighted by atomic mass is 16.5. The summed E-state index contributed by atoms with van der Waals surface area (Å²) in [5.41, 5.74) is 1.71. The Balaban J connectivity index is 1.59. The number of aromatic nitrogens is 4. The molecule has 134 valence electrons. The number of aryl methyl sites for hydroxylation is 1. The van der Waals surface area contributed by atoms with Gasteiger partial charge in [-0.15, -0.1) is 0 Å². The van der Waals surface area contributed by atoms with Crippen molar-refractivity contribution in [2.24, 2.45) is 0 Å². The zero-order chi connectivity index (χ0) is 18.4. The number of carbonyl (C=O) groups is 1. The maximum atomic E-state index is 12.2. The standard InChI is InChI=1S/C19H21N5O2/c1-14-6-7-17(13-21-14)26-19-16(5-3-8-20-19)12-22-18(25)11-15(2)24-10-4-9-23-24/h3-10,13,15H,11-12H2,1-2H3,(H,22,25)/t15-/m1/s1. The van der Waals surface area contributed by atoms with Crippen LogP contribution in [-0.2, 0) is 11.3 Å². The Bertz CT molecular complexity index is 847. The summed E-state index contributed by atoms with van der Waals surface area (Å²) in [5.74, 6) is 1.01. The number of amides is 1. The number of nitrogens with one attached hydrogen (secondary N) is 1. The van der Waals surface area contributed by atoms with Gasteiger partial charge in [-0.05, 0) is 38.1 Å². The molecule has 0 saturated carbocycles. The molecule has 3 aromatic rings. The Hall–Kier alpha value is -3.22. The zero-order valence-electron chi connectivity index (χ0n) is 14.8. The smallest absolute Gasteiger partial charge is 0.224 e. The monoisotopic (exact) mass is 351 g/mol. The van der Waals surface area contributed by atoms with E-state index in [1.54, 1.807) is 23.3 Å². The van der Waals surface area contributed by atoms with E-state index in [4.69, 9.17) is 4.74 Å². The predicted octanol–water partition coefficient (Wildman–Crippen LogP) is 3.04. The van der Waals surface area contributed by atoms with Gasteiger partial charge in [0.05, 0.1) is 12.2 Å². The van der Waals surface area contributed by atoms with E-state index >= 15 is 0 Å². The lowest BCUT2D eigenvalue weighted by Gasteiger charge is -2.13. The molecule has 0 aliphatic rings. The first-order chi connectivity index (χ1) is 12.6. The average molecular weight is 351 g/mol. The lowest BCUT2D eigenvalue weighted by atomic mass is 10.2. The van der Waals surface area contributed by atoms with Crippen LogP contribution in [-0.4, -0.2) is 25.7 Å². The van der Waals surface area contributed by atoms with E-state index in [0.717, 1.165) is 11.3 Å². The van der Waals surface area contributed by atoms with Crippen molar-refractivity contribution in [3.63, 3.8) is 0 Å².